The van der Waals surface area contributed by atoms with Gasteiger partial charge in [0.05, 0.1) is 52.9 Å². The molecule has 0 bridgehead atoms. The first-order chi connectivity index (χ1) is 56.5. The zero-order valence-corrected chi connectivity index (χ0v) is 71.7. The summed E-state index contributed by atoms with van der Waals surface area (Å²) >= 11 is 16.1. The minimum atomic E-state index is -4.50. The summed E-state index contributed by atoms with van der Waals surface area (Å²) in [5.74, 6) is 3.77. The fraction of sp³-hybridized carbons (Fsp3) is 0.429. The Morgan fingerprint density at radius 2 is 0.923 bits per heavy atom. The highest BCUT2D eigenvalue weighted by Crippen LogP contribution is 2.37. The molecule has 0 radical (unpaired) electrons. The molecule has 0 saturated heterocycles. The van der Waals surface area contributed by atoms with Crippen molar-refractivity contribution < 1.29 is 32.3 Å². The number of benzene rings is 4. The number of unbranched alkanes of at least 4 members (excludes halogenated alkanes) is 2. The zero-order valence-electron chi connectivity index (χ0n) is 68.6. The second-order valence-corrected chi connectivity index (χ2v) is 32.7. The molecule has 117 heavy (non-hydrogen) atoms. The van der Waals surface area contributed by atoms with Crippen LogP contribution in [0.2, 0.25) is 10.0 Å². The van der Waals surface area contributed by atoms with E-state index in [0.29, 0.717) is 103 Å². The van der Waals surface area contributed by atoms with Gasteiger partial charge in [-0.3, -0.25) is 19.2 Å². The van der Waals surface area contributed by atoms with Gasteiger partial charge in [-0.25, -0.2) is 39.9 Å². The van der Waals surface area contributed by atoms with E-state index < -0.39 is 17.6 Å². The van der Waals surface area contributed by atoms with Crippen LogP contribution in [0.1, 0.15) is 240 Å². The molecule has 8 aromatic heterocycles. The number of carbonyl (C=O) groups excluding carboxylic acids is 4. The topological polar surface area (TPSA) is 204 Å². The maximum absolute atomic E-state index is 13.5. The molecule has 4 aromatic carbocycles. The largest absolute Gasteiger partial charge is 0.416 e. The molecule has 0 N–H and O–H groups in total. The van der Waals surface area contributed by atoms with Crippen molar-refractivity contribution in [2.24, 2.45) is 11.8 Å². The summed E-state index contributed by atoms with van der Waals surface area (Å²) in [6.07, 6.45) is 18.5. The average molecular weight is 1700 g/mol. The normalized spacial score (nSPS) is 13.1. The van der Waals surface area contributed by atoms with Crippen molar-refractivity contribution >= 4 is 107 Å². The second kappa shape index (κ2) is 42.0. The van der Waals surface area contributed by atoms with Crippen LogP contribution in [-0.4, -0.2) is 128 Å². The Labute approximate surface area is 702 Å². The summed E-state index contributed by atoms with van der Waals surface area (Å²) in [6, 6.07) is 41.4. The highest BCUT2D eigenvalue weighted by Gasteiger charge is 2.34. The lowest BCUT2D eigenvalue weighted by molar-refractivity contribution is -0.137. The lowest BCUT2D eigenvalue weighted by Gasteiger charge is -2.26. The van der Waals surface area contributed by atoms with Crippen LogP contribution >= 0.6 is 39.1 Å². The summed E-state index contributed by atoms with van der Waals surface area (Å²) in [6.45, 7) is 24.6. The molecule has 0 unspecified atom stereocenters. The molecule has 8 heterocycles. The molecular formula is C91H108BrCl2F3N16O4. The van der Waals surface area contributed by atoms with Crippen molar-refractivity contribution in [1.82, 2.24) is 77.7 Å². The third-order valence-corrected chi connectivity index (χ3v) is 22.6. The van der Waals surface area contributed by atoms with Gasteiger partial charge >= 0.3 is 6.18 Å². The van der Waals surface area contributed by atoms with E-state index >= 15 is 0 Å². The zero-order chi connectivity index (χ0) is 83.3. The van der Waals surface area contributed by atoms with E-state index in [0.717, 1.165) is 167 Å². The smallest absolute Gasteiger partial charge is 0.331 e. The van der Waals surface area contributed by atoms with Crippen LogP contribution in [0.15, 0.2) is 169 Å². The maximum atomic E-state index is 13.5. The van der Waals surface area contributed by atoms with E-state index in [1.54, 1.807) is 35.5 Å². The third kappa shape index (κ3) is 22.5. The number of halogens is 6. The number of hydrogen-bond donors (Lipinski definition) is 0. The summed E-state index contributed by atoms with van der Waals surface area (Å²) in [7, 11) is 0. The number of alkyl halides is 3. The highest BCUT2D eigenvalue weighted by molar-refractivity contribution is 9.10. The number of imidazole rings is 4. The quantitative estimate of drug-likeness (QED) is 0.0402. The van der Waals surface area contributed by atoms with Gasteiger partial charge in [-0.05, 0) is 196 Å². The molecule has 4 amide bonds. The van der Waals surface area contributed by atoms with Crippen LogP contribution in [0.5, 0.6) is 0 Å². The van der Waals surface area contributed by atoms with Crippen molar-refractivity contribution in [3.05, 3.63) is 236 Å². The van der Waals surface area contributed by atoms with E-state index in [4.69, 9.17) is 38.2 Å². The molecule has 0 atom stereocenters. The molecular weight excluding hydrogens is 1590 g/mol. The van der Waals surface area contributed by atoms with E-state index in [-0.39, 0.29) is 29.8 Å². The Morgan fingerprint density at radius 1 is 0.470 bits per heavy atom. The van der Waals surface area contributed by atoms with Crippen molar-refractivity contribution in [1.29, 1.82) is 0 Å². The summed E-state index contributed by atoms with van der Waals surface area (Å²) < 4.78 is 48.9. The number of amides is 4. The summed E-state index contributed by atoms with van der Waals surface area (Å²) in [5, 5.41) is 0.679. The predicted molar refractivity (Wildman–Crippen MR) is 462 cm³/mol. The Morgan fingerprint density at radius 3 is 1.42 bits per heavy atom. The number of pyridine rings is 4. The number of aromatic nitrogens is 12. The van der Waals surface area contributed by atoms with Gasteiger partial charge in [-0.2, -0.15) is 13.2 Å². The van der Waals surface area contributed by atoms with E-state index in [9.17, 15) is 32.3 Å². The van der Waals surface area contributed by atoms with Crippen LogP contribution in [0.4, 0.5) is 13.2 Å². The van der Waals surface area contributed by atoms with Crippen molar-refractivity contribution in [3.8, 4) is 0 Å². The maximum Gasteiger partial charge on any atom is 0.416 e. The number of rotatable bonds is 29. The lowest BCUT2D eigenvalue weighted by atomic mass is 10.1. The fourth-order valence-electron chi connectivity index (χ4n) is 15.3. The van der Waals surface area contributed by atoms with Gasteiger partial charge in [0.15, 0.2) is 22.6 Å². The molecule has 0 aliphatic heterocycles. The Balaban J connectivity index is 0.000000153. The first kappa shape index (κ1) is 87.9. The number of fused-ring (bicyclic) bond motifs is 4. The Hall–Kier alpha value is -9.91. The van der Waals surface area contributed by atoms with Gasteiger partial charge in [0.1, 0.15) is 45.4 Å². The third-order valence-electron chi connectivity index (χ3n) is 21.1. The Bertz CT molecular complexity index is 5300. The first-order valence-corrected chi connectivity index (χ1v) is 42.9. The van der Waals surface area contributed by atoms with Gasteiger partial charge in [-0.1, -0.05) is 159 Å². The molecule has 20 nitrogen and oxygen atoms in total. The van der Waals surface area contributed by atoms with Gasteiger partial charge in [0.2, 0.25) is 0 Å². The van der Waals surface area contributed by atoms with E-state index in [1.165, 1.54) is 37.8 Å². The Kier molecular flexibility index (Phi) is 31.5. The van der Waals surface area contributed by atoms with Crippen LogP contribution in [0.3, 0.4) is 0 Å². The molecule has 2 fully saturated rings. The van der Waals surface area contributed by atoms with Crippen molar-refractivity contribution in [2.45, 2.75) is 216 Å². The molecule has 12 aromatic rings. The van der Waals surface area contributed by atoms with Crippen LogP contribution in [0.25, 0.3) is 44.7 Å². The molecule has 14 rings (SSSR count). The number of nitrogens with zero attached hydrogens (tertiary/aromatic N) is 16. The monoisotopic (exact) mass is 1690 g/mol. The highest BCUT2D eigenvalue weighted by atomic mass is 79.9. The molecule has 0 spiro atoms. The van der Waals surface area contributed by atoms with Gasteiger partial charge in [-0.15, -0.1) is 0 Å². The van der Waals surface area contributed by atoms with Gasteiger partial charge < -0.3 is 37.9 Å². The summed E-state index contributed by atoms with van der Waals surface area (Å²) in [5.41, 5.74) is 9.09. The minimum absolute atomic E-state index is 0.0302. The summed E-state index contributed by atoms with van der Waals surface area (Å²) in [4.78, 5) is 97.7. The van der Waals surface area contributed by atoms with Gasteiger partial charge in [0, 0.05) is 91.7 Å². The van der Waals surface area contributed by atoms with E-state index in [1.807, 2.05) is 143 Å². The predicted octanol–water partition coefficient (Wildman–Crippen LogP) is 22.0. The van der Waals surface area contributed by atoms with Crippen LogP contribution in [0, 0.1) is 18.8 Å². The number of hydrogen-bond acceptors (Lipinski definition) is 12. The van der Waals surface area contributed by atoms with Gasteiger partial charge in [0.25, 0.3) is 23.6 Å². The SMILES string of the molecule is CC(C)CCN(Cc1nc2cccnc2n1C1CCCC1)C(=O)c1ccccc1Br.CC(C)CN(Cc1nc2cccnc2n1C1CCCC1)C(=O)c1cccc(Cl)c1Cl.CCCCCN(Cc1nc2cccnc2n1CCC)C(=O)c1cccc(C(F)(F)F)c1.CCCN(Cc1nc2cccnc2n1CCC)C(=O)c1ccc(C)cc1. The van der Waals surface area contributed by atoms with E-state index in [2.05, 4.69) is 103 Å². The van der Waals surface area contributed by atoms with Crippen molar-refractivity contribution in [3.63, 3.8) is 0 Å². The second-order valence-electron chi connectivity index (χ2n) is 31.1. The lowest BCUT2D eigenvalue weighted by Crippen LogP contribution is -2.35. The average Bonchev–Trinajstić information content (AvgIpc) is 1.64. The standard InChI is InChI=1S/C24H29BrN4O.C23H26Cl2N4O.C23H27F3N4O.C21H26N4O/c1-17(2)13-15-28(24(30)19-10-5-6-11-20(19)25)16-22-27-21-12-7-14-26-23(21)29(22)18-8-3-4-9-18;1-15(2)13-28(23(30)17-9-5-10-18(24)21(17)25)14-20-27-19-11-6-12-26-22(19)29(20)16-7-3-4-8-16;1-3-5-6-14-29(22(31)17-9-7-10-18(15-17)23(24,25)26)16-20-28-19-11-8-12-27-21(19)30(20)13-4-2;1-4-13-24(21(26)17-10-8-16(3)9-11-17)15-19-23-18-7-6-12-22-20(18)25(19)14-5-2/h5-7,10-12,14,17-18H,3-4,8-9,13,15-16H2,1-2H3;5-6,9-12,15-16H,3-4,7-8,13-14H2,1-2H3;7-12,15H,3-6,13-14,16H2,1-2H3;6-12H,4-5,13-15H2,1-3H3. The van der Waals surface area contributed by atoms with Crippen molar-refractivity contribution in [2.75, 3.05) is 26.2 Å². The molecule has 26 heteroatoms. The first-order valence-electron chi connectivity index (χ1n) is 41.3. The molecule has 2 aliphatic carbocycles. The fourth-order valence-corrected chi connectivity index (χ4v) is 16.1. The molecule has 618 valence electrons. The van der Waals surface area contributed by atoms with Crippen LogP contribution < -0.4 is 0 Å². The number of aryl methyl sites for hydroxylation is 3. The van der Waals surface area contributed by atoms with Crippen LogP contribution in [-0.2, 0) is 45.4 Å². The molecule has 2 saturated carbocycles. The minimum Gasteiger partial charge on any atom is -0.331 e. The number of carbonyl (C=O) groups is 4. The molecule has 2 aliphatic rings.